The van der Waals surface area contributed by atoms with Crippen LogP contribution in [0, 0.1) is 5.41 Å². The van der Waals surface area contributed by atoms with E-state index in [1.54, 1.807) is 0 Å². The monoisotopic (exact) mass is 271 g/mol. The molecule has 1 aliphatic heterocycles. The first-order valence-electron chi connectivity index (χ1n) is 7.12. The molecule has 0 aromatic heterocycles. The zero-order chi connectivity index (χ0) is 13.6. The van der Waals surface area contributed by atoms with Crippen molar-refractivity contribution in [2.45, 2.75) is 46.3 Å². The molecule has 106 valence electrons. The van der Waals surface area contributed by atoms with Gasteiger partial charge >= 0.3 is 0 Å². The molecule has 1 atom stereocenters. The second kappa shape index (κ2) is 7.39. The Morgan fingerprint density at radius 2 is 2.00 bits per heavy atom. The van der Waals surface area contributed by atoms with Crippen LogP contribution in [-0.4, -0.2) is 48.0 Å². The van der Waals surface area contributed by atoms with Gasteiger partial charge in [0, 0.05) is 18.3 Å². The van der Waals surface area contributed by atoms with Crippen molar-refractivity contribution >= 4 is 16.9 Å². The number of nitrogens with zero attached hydrogens (tertiary/aromatic N) is 2. The summed E-state index contributed by atoms with van der Waals surface area (Å²) in [7, 11) is 0. The van der Waals surface area contributed by atoms with E-state index in [4.69, 9.17) is 0 Å². The largest absolute Gasteiger partial charge is 0.364 e. The third kappa shape index (κ3) is 6.10. The second-order valence-electron chi connectivity index (χ2n) is 6.10. The van der Waals surface area contributed by atoms with E-state index in [-0.39, 0.29) is 0 Å². The number of hydrogen-bond acceptors (Lipinski definition) is 4. The van der Waals surface area contributed by atoms with Crippen LogP contribution in [0.3, 0.4) is 0 Å². The topological polar surface area (TPSA) is 27.6 Å². The molecule has 0 radical (unpaired) electrons. The van der Waals surface area contributed by atoms with E-state index in [0.717, 1.165) is 37.9 Å². The van der Waals surface area contributed by atoms with Gasteiger partial charge in [-0.1, -0.05) is 46.4 Å². The van der Waals surface area contributed by atoms with Crippen molar-refractivity contribution in [3.8, 4) is 0 Å². The van der Waals surface area contributed by atoms with Gasteiger partial charge in [0.25, 0.3) is 0 Å². The lowest BCUT2D eigenvalue weighted by molar-refractivity contribution is 0.309. The van der Waals surface area contributed by atoms with Crippen LogP contribution in [0.2, 0.25) is 0 Å². The molecule has 3 nitrogen and oxygen atoms in total. The Morgan fingerprint density at radius 3 is 2.56 bits per heavy atom. The molecule has 0 aliphatic carbocycles. The standard InChI is InChI=1S/C14H29N3S/c1-6-17(7-2)9-8-15-13-16-11-12(18-13)10-14(3,4)5/h12H,6-11H2,1-5H3,(H,15,16). The fraction of sp³-hybridized carbons (Fsp3) is 0.929. The van der Waals surface area contributed by atoms with Crippen molar-refractivity contribution < 1.29 is 0 Å². The molecular formula is C14H29N3S. The van der Waals surface area contributed by atoms with E-state index in [0.29, 0.717) is 10.7 Å². The van der Waals surface area contributed by atoms with E-state index in [1.807, 2.05) is 11.8 Å². The Balaban J connectivity index is 2.18. The molecule has 0 bridgehead atoms. The van der Waals surface area contributed by atoms with Crippen LogP contribution >= 0.6 is 11.8 Å². The summed E-state index contributed by atoms with van der Waals surface area (Å²) in [6.45, 7) is 16.7. The summed E-state index contributed by atoms with van der Waals surface area (Å²) in [5.41, 5.74) is 0.407. The van der Waals surface area contributed by atoms with Gasteiger partial charge in [0.05, 0.1) is 6.54 Å². The summed E-state index contributed by atoms with van der Waals surface area (Å²) in [5.74, 6) is 0. The molecule has 18 heavy (non-hydrogen) atoms. The van der Waals surface area contributed by atoms with Gasteiger partial charge in [0.1, 0.15) is 0 Å². The molecule has 1 heterocycles. The Morgan fingerprint density at radius 1 is 1.33 bits per heavy atom. The Bertz CT molecular complexity index is 267. The van der Waals surface area contributed by atoms with Crippen molar-refractivity contribution in [3.05, 3.63) is 0 Å². The van der Waals surface area contributed by atoms with Gasteiger partial charge in [-0.25, -0.2) is 0 Å². The van der Waals surface area contributed by atoms with Crippen molar-refractivity contribution in [2.24, 2.45) is 10.4 Å². The maximum atomic E-state index is 4.60. The summed E-state index contributed by atoms with van der Waals surface area (Å²) in [6, 6.07) is 0. The first-order valence-corrected chi connectivity index (χ1v) is 8.00. The maximum Gasteiger partial charge on any atom is 0.156 e. The number of rotatable bonds is 6. The molecule has 1 N–H and O–H groups in total. The number of hydrogen-bond donors (Lipinski definition) is 1. The normalized spacial score (nSPS) is 20.3. The number of likely N-dealkylation sites (N-methyl/N-ethyl adjacent to an activating group) is 1. The van der Waals surface area contributed by atoms with Crippen molar-refractivity contribution in [2.75, 3.05) is 32.7 Å². The summed E-state index contributed by atoms with van der Waals surface area (Å²) >= 11 is 1.92. The van der Waals surface area contributed by atoms with E-state index in [1.165, 1.54) is 6.42 Å². The highest BCUT2D eigenvalue weighted by Crippen LogP contribution is 2.31. The van der Waals surface area contributed by atoms with Gasteiger partial charge < -0.3 is 10.2 Å². The van der Waals surface area contributed by atoms with Gasteiger partial charge in [0.15, 0.2) is 5.17 Å². The van der Waals surface area contributed by atoms with E-state index in [2.05, 4.69) is 49.8 Å². The van der Waals surface area contributed by atoms with E-state index < -0.39 is 0 Å². The fourth-order valence-corrected chi connectivity index (χ4v) is 3.55. The van der Waals surface area contributed by atoms with Gasteiger partial charge in [-0.15, -0.1) is 0 Å². The molecule has 0 fully saturated rings. The third-order valence-corrected chi connectivity index (χ3v) is 4.30. The van der Waals surface area contributed by atoms with Crippen LogP contribution in [0.1, 0.15) is 41.0 Å². The lowest BCUT2D eigenvalue weighted by Crippen LogP contribution is -2.33. The highest BCUT2D eigenvalue weighted by Gasteiger charge is 2.24. The first kappa shape index (κ1) is 15.8. The van der Waals surface area contributed by atoms with Crippen LogP contribution in [0.4, 0.5) is 0 Å². The lowest BCUT2D eigenvalue weighted by Gasteiger charge is -2.22. The van der Waals surface area contributed by atoms with Gasteiger partial charge in [-0.3, -0.25) is 4.99 Å². The first-order chi connectivity index (χ1) is 8.44. The number of aliphatic imine (C=N–C) groups is 1. The van der Waals surface area contributed by atoms with Crippen LogP contribution < -0.4 is 5.32 Å². The molecule has 1 aliphatic rings. The number of amidine groups is 1. The maximum absolute atomic E-state index is 4.60. The summed E-state index contributed by atoms with van der Waals surface area (Å²) in [5, 5.41) is 5.28. The Labute approximate surface area is 117 Å². The average Bonchev–Trinajstić information content (AvgIpc) is 2.69. The predicted molar refractivity (Wildman–Crippen MR) is 83.5 cm³/mol. The predicted octanol–water partition coefficient (Wildman–Crippen LogP) is 2.83. The molecular weight excluding hydrogens is 242 g/mol. The Kier molecular flexibility index (Phi) is 6.50. The van der Waals surface area contributed by atoms with Crippen molar-refractivity contribution in [1.82, 2.24) is 10.2 Å². The van der Waals surface area contributed by atoms with Crippen LogP contribution in [0.5, 0.6) is 0 Å². The number of nitrogens with one attached hydrogen (secondary N) is 1. The van der Waals surface area contributed by atoms with Gasteiger partial charge in [-0.05, 0) is 24.9 Å². The zero-order valence-corrected chi connectivity index (χ0v) is 13.4. The molecule has 0 aromatic carbocycles. The highest BCUT2D eigenvalue weighted by atomic mass is 32.2. The molecule has 0 saturated carbocycles. The smallest absolute Gasteiger partial charge is 0.156 e. The van der Waals surface area contributed by atoms with Crippen LogP contribution in [0.15, 0.2) is 4.99 Å². The number of thioether (sulfide) groups is 1. The van der Waals surface area contributed by atoms with E-state index >= 15 is 0 Å². The molecule has 0 aromatic rings. The molecule has 4 heteroatoms. The zero-order valence-electron chi connectivity index (χ0n) is 12.6. The molecule has 0 saturated heterocycles. The minimum Gasteiger partial charge on any atom is -0.364 e. The lowest BCUT2D eigenvalue weighted by atomic mass is 9.90. The molecule has 1 rings (SSSR count). The van der Waals surface area contributed by atoms with Crippen LogP contribution in [-0.2, 0) is 0 Å². The summed E-state index contributed by atoms with van der Waals surface area (Å²) < 4.78 is 0. The minimum atomic E-state index is 0.407. The second-order valence-corrected chi connectivity index (χ2v) is 7.39. The molecule has 1 unspecified atom stereocenters. The minimum absolute atomic E-state index is 0.407. The average molecular weight is 271 g/mol. The highest BCUT2D eigenvalue weighted by molar-refractivity contribution is 8.14. The fourth-order valence-electron chi connectivity index (χ4n) is 2.16. The SMILES string of the molecule is CCN(CC)CCNC1=NCC(CC(C)(C)C)S1. The van der Waals surface area contributed by atoms with Crippen LogP contribution in [0.25, 0.3) is 0 Å². The van der Waals surface area contributed by atoms with Crippen molar-refractivity contribution in [1.29, 1.82) is 0 Å². The third-order valence-electron chi connectivity index (χ3n) is 3.16. The van der Waals surface area contributed by atoms with Gasteiger partial charge in [0.2, 0.25) is 0 Å². The summed E-state index contributed by atoms with van der Waals surface area (Å²) in [6.07, 6.45) is 1.24. The quantitative estimate of drug-likeness (QED) is 0.805. The van der Waals surface area contributed by atoms with Gasteiger partial charge in [-0.2, -0.15) is 0 Å². The molecule has 0 spiro atoms. The summed E-state index contributed by atoms with van der Waals surface area (Å²) in [4.78, 5) is 7.03. The Hall–Kier alpha value is -0.220. The van der Waals surface area contributed by atoms with E-state index in [9.17, 15) is 0 Å². The van der Waals surface area contributed by atoms with Crippen molar-refractivity contribution in [3.63, 3.8) is 0 Å². The molecule has 0 amide bonds.